The van der Waals surface area contributed by atoms with Gasteiger partial charge in [0.2, 0.25) is 0 Å². The third-order valence-electron chi connectivity index (χ3n) is 2.93. The van der Waals surface area contributed by atoms with Crippen LogP contribution in [0, 0.1) is 5.82 Å². The number of amides is 2. The molecule has 0 bridgehead atoms. The summed E-state index contributed by atoms with van der Waals surface area (Å²) in [4.78, 5) is 11.9. The third kappa shape index (κ3) is 4.57. The van der Waals surface area contributed by atoms with Gasteiger partial charge >= 0.3 is 6.03 Å². The van der Waals surface area contributed by atoms with Gasteiger partial charge in [0.1, 0.15) is 5.82 Å². The smallest absolute Gasteiger partial charge is 0.319 e. The fraction of sp³-hybridized carbons (Fsp3) is 0.188. The third-order valence-corrected chi connectivity index (χ3v) is 2.93. The maximum Gasteiger partial charge on any atom is 0.319 e. The molecular formula is C16H17FN2O2. The van der Waals surface area contributed by atoms with Crippen LogP contribution >= 0.6 is 0 Å². The molecule has 0 fully saturated rings. The van der Waals surface area contributed by atoms with E-state index in [1.165, 1.54) is 12.1 Å². The molecule has 2 aromatic carbocycles. The van der Waals surface area contributed by atoms with Crippen molar-refractivity contribution in [3.63, 3.8) is 0 Å². The number of halogens is 1. The van der Waals surface area contributed by atoms with E-state index in [-0.39, 0.29) is 11.8 Å². The summed E-state index contributed by atoms with van der Waals surface area (Å²) in [5.41, 5.74) is 2.43. The fourth-order valence-electron chi connectivity index (χ4n) is 1.87. The highest BCUT2D eigenvalue weighted by Gasteiger charge is 2.06. The molecule has 0 aliphatic heterocycles. The average molecular weight is 288 g/mol. The summed E-state index contributed by atoms with van der Waals surface area (Å²) in [5, 5.41) is 5.50. The number of hydrogen-bond acceptors (Lipinski definition) is 2. The molecule has 0 aliphatic carbocycles. The monoisotopic (exact) mass is 288 g/mol. The number of hydrogen-bond donors (Lipinski definition) is 2. The minimum atomic E-state index is -0.317. The molecule has 0 unspecified atom stereocenters. The van der Waals surface area contributed by atoms with E-state index in [4.69, 9.17) is 4.74 Å². The molecule has 0 aromatic heterocycles. The second-order valence-electron chi connectivity index (χ2n) is 4.52. The van der Waals surface area contributed by atoms with Gasteiger partial charge in [-0.3, -0.25) is 0 Å². The molecule has 0 heterocycles. The normalized spacial score (nSPS) is 10.2. The van der Waals surface area contributed by atoms with Gasteiger partial charge in [-0.25, -0.2) is 9.18 Å². The van der Waals surface area contributed by atoms with Gasteiger partial charge in [0.15, 0.2) is 0 Å². The Balaban J connectivity index is 1.91. The lowest BCUT2D eigenvalue weighted by molar-refractivity contribution is 0.185. The van der Waals surface area contributed by atoms with Crippen molar-refractivity contribution >= 4 is 11.7 Å². The molecule has 0 saturated carbocycles. The summed E-state index contributed by atoms with van der Waals surface area (Å²) in [6.07, 6.45) is 0. The van der Waals surface area contributed by atoms with Crippen molar-refractivity contribution in [1.29, 1.82) is 0 Å². The Labute approximate surface area is 122 Å². The van der Waals surface area contributed by atoms with Crippen LogP contribution in [0.5, 0.6) is 0 Å². The molecule has 2 rings (SSSR count). The second kappa shape index (κ2) is 7.40. The van der Waals surface area contributed by atoms with Gasteiger partial charge in [-0.05, 0) is 23.8 Å². The molecule has 4 nitrogen and oxygen atoms in total. The van der Waals surface area contributed by atoms with Crippen LogP contribution in [-0.2, 0) is 17.9 Å². The van der Waals surface area contributed by atoms with Crippen molar-refractivity contribution in [2.45, 2.75) is 13.2 Å². The lowest BCUT2D eigenvalue weighted by Gasteiger charge is -2.11. The van der Waals surface area contributed by atoms with Gasteiger partial charge in [-0.1, -0.05) is 30.3 Å². The summed E-state index contributed by atoms with van der Waals surface area (Å²) in [7, 11) is 1.60. The Morgan fingerprint density at radius 2 is 1.86 bits per heavy atom. The molecule has 0 radical (unpaired) electrons. The van der Waals surface area contributed by atoms with Crippen molar-refractivity contribution in [2.24, 2.45) is 0 Å². The van der Waals surface area contributed by atoms with E-state index < -0.39 is 0 Å². The van der Waals surface area contributed by atoms with Crippen molar-refractivity contribution < 1.29 is 13.9 Å². The van der Waals surface area contributed by atoms with Gasteiger partial charge in [0.05, 0.1) is 6.61 Å². The molecule has 0 atom stereocenters. The molecule has 0 saturated heterocycles. The number of rotatable bonds is 5. The highest BCUT2D eigenvalue weighted by atomic mass is 19.1. The van der Waals surface area contributed by atoms with Crippen LogP contribution in [0.1, 0.15) is 11.1 Å². The standard InChI is InChI=1S/C16H17FN2O2/c1-21-11-13-4-2-3-5-15(13)19-16(20)18-10-12-6-8-14(17)9-7-12/h2-9H,10-11H2,1H3,(H2,18,19,20). The molecule has 0 aliphatic rings. The van der Waals surface area contributed by atoms with E-state index in [0.29, 0.717) is 18.8 Å². The van der Waals surface area contributed by atoms with Crippen molar-refractivity contribution in [3.8, 4) is 0 Å². The number of benzene rings is 2. The predicted octanol–water partition coefficient (Wildman–Crippen LogP) is 3.29. The number of methoxy groups -OCH3 is 1. The SMILES string of the molecule is COCc1ccccc1NC(=O)NCc1ccc(F)cc1. The summed E-state index contributed by atoms with van der Waals surface area (Å²) >= 11 is 0. The van der Waals surface area contributed by atoms with E-state index in [1.54, 1.807) is 19.2 Å². The van der Waals surface area contributed by atoms with Gasteiger partial charge in [-0.2, -0.15) is 0 Å². The van der Waals surface area contributed by atoms with E-state index in [1.807, 2.05) is 24.3 Å². The Hall–Kier alpha value is -2.40. The first-order chi connectivity index (χ1) is 10.2. The topological polar surface area (TPSA) is 50.4 Å². The number of anilines is 1. The zero-order valence-electron chi connectivity index (χ0n) is 11.7. The average Bonchev–Trinajstić information content (AvgIpc) is 2.49. The van der Waals surface area contributed by atoms with Gasteiger partial charge in [-0.15, -0.1) is 0 Å². The first kappa shape index (κ1) is 15.0. The van der Waals surface area contributed by atoms with Crippen LogP contribution in [0.4, 0.5) is 14.9 Å². The lowest BCUT2D eigenvalue weighted by atomic mass is 10.2. The van der Waals surface area contributed by atoms with Crippen LogP contribution in [-0.4, -0.2) is 13.1 Å². The van der Waals surface area contributed by atoms with Crippen LogP contribution in [0.2, 0.25) is 0 Å². The van der Waals surface area contributed by atoms with Crippen LogP contribution in [0.15, 0.2) is 48.5 Å². The first-order valence-corrected chi connectivity index (χ1v) is 6.55. The summed E-state index contributed by atoms with van der Waals surface area (Å²) < 4.78 is 17.9. The number of ether oxygens (including phenoxy) is 1. The van der Waals surface area contributed by atoms with Crippen molar-refractivity contribution in [3.05, 3.63) is 65.5 Å². The Kier molecular flexibility index (Phi) is 5.29. The van der Waals surface area contributed by atoms with Crippen molar-refractivity contribution in [1.82, 2.24) is 5.32 Å². The minimum Gasteiger partial charge on any atom is -0.380 e. The number of carbonyl (C=O) groups is 1. The Morgan fingerprint density at radius 3 is 2.57 bits per heavy atom. The van der Waals surface area contributed by atoms with Crippen LogP contribution < -0.4 is 10.6 Å². The van der Waals surface area contributed by atoms with E-state index in [2.05, 4.69) is 10.6 Å². The highest BCUT2D eigenvalue weighted by Crippen LogP contribution is 2.15. The van der Waals surface area contributed by atoms with Crippen molar-refractivity contribution in [2.75, 3.05) is 12.4 Å². The zero-order chi connectivity index (χ0) is 15.1. The van der Waals surface area contributed by atoms with E-state index in [9.17, 15) is 9.18 Å². The van der Waals surface area contributed by atoms with E-state index >= 15 is 0 Å². The Morgan fingerprint density at radius 1 is 1.14 bits per heavy atom. The summed E-state index contributed by atoms with van der Waals surface area (Å²) in [6, 6.07) is 13.1. The van der Waals surface area contributed by atoms with Gasteiger partial charge < -0.3 is 15.4 Å². The molecule has 110 valence electrons. The number of carbonyl (C=O) groups excluding carboxylic acids is 1. The molecule has 21 heavy (non-hydrogen) atoms. The minimum absolute atomic E-state index is 0.295. The number of nitrogens with one attached hydrogen (secondary N) is 2. The molecule has 2 N–H and O–H groups in total. The zero-order valence-corrected chi connectivity index (χ0v) is 11.7. The van der Waals surface area contributed by atoms with Gasteiger partial charge in [0.25, 0.3) is 0 Å². The molecule has 2 amide bonds. The second-order valence-corrected chi connectivity index (χ2v) is 4.52. The molecule has 2 aromatic rings. The summed E-state index contributed by atoms with van der Waals surface area (Å²) in [5.74, 6) is -0.295. The maximum atomic E-state index is 12.8. The molecule has 0 spiro atoms. The number of urea groups is 1. The van der Waals surface area contributed by atoms with E-state index in [0.717, 1.165) is 11.1 Å². The largest absolute Gasteiger partial charge is 0.380 e. The Bertz CT molecular complexity index is 599. The lowest BCUT2D eigenvalue weighted by Crippen LogP contribution is -2.28. The predicted molar refractivity (Wildman–Crippen MR) is 79.4 cm³/mol. The first-order valence-electron chi connectivity index (χ1n) is 6.55. The maximum absolute atomic E-state index is 12.8. The fourth-order valence-corrected chi connectivity index (χ4v) is 1.87. The highest BCUT2D eigenvalue weighted by molar-refractivity contribution is 5.90. The quantitative estimate of drug-likeness (QED) is 0.887. The molecule has 5 heteroatoms. The summed E-state index contributed by atoms with van der Waals surface area (Å²) in [6.45, 7) is 0.757. The molecular weight excluding hydrogens is 271 g/mol. The van der Waals surface area contributed by atoms with Crippen LogP contribution in [0.25, 0.3) is 0 Å². The van der Waals surface area contributed by atoms with Gasteiger partial charge in [0, 0.05) is 24.9 Å². The van der Waals surface area contributed by atoms with Crippen LogP contribution in [0.3, 0.4) is 0 Å². The number of para-hydroxylation sites is 1.